The van der Waals surface area contributed by atoms with Crippen LogP contribution in [0.2, 0.25) is 0 Å². The van der Waals surface area contributed by atoms with E-state index < -0.39 is 0 Å². The van der Waals surface area contributed by atoms with Gasteiger partial charge in [-0.1, -0.05) is 0 Å². The van der Waals surface area contributed by atoms with Crippen molar-refractivity contribution in [3.05, 3.63) is 23.8 Å². The molecule has 0 saturated carbocycles. The molecule has 0 bridgehead atoms. The van der Waals surface area contributed by atoms with Gasteiger partial charge in [0.15, 0.2) is 12.4 Å². The van der Waals surface area contributed by atoms with E-state index in [4.69, 9.17) is 9.47 Å². The zero-order valence-corrected chi connectivity index (χ0v) is 10.5. The van der Waals surface area contributed by atoms with Crippen molar-refractivity contribution in [2.75, 3.05) is 18.5 Å². The fraction of sp³-hybridized carbons (Fsp3) is 0.429. The highest BCUT2D eigenvalue weighted by atomic mass is 16.5. The van der Waals surface area contributed by atoms with E-state index in [0.29, 0.717) is 23.6 Å². The average molecular weight is 261 g/mol. The molecule has 1 N–H and O–H groups in total. The quantitative estimate of drug-likeness (QED) is 0.824. The molecule has 1 unspecified atom stereocenters. The van der Waals surface area contributed by atoms with Crippen LogP contribution < -0.4 is 10.1 Å². The number of fused-ring (bicyclic) bond motifs is 1. The molecule has 1 amide bonds. The van der Waals surface area contributed by atoms with Crippen LogP contribution >= 0.6 is 0 Å². The van der Waals surface area contributed by atoms with Gasteiger partial charge in [0.25, 0.3) is 5.91 Å². The molecule has 5 nitrogen and oxygen atoms in total. The number of nitrogens with one attached hydrogen (secondary N) is 1. The van der Waals surface area contributed by atoms with E-state index in [9.17, 15) is 9.59 Å². The van der Waals surface area contributed by atoms with Crippen LogP contribution in [0.5, 0.6) is 5.75 Å². The number of amides is 1. The third-order valence-corrected chi connectivity index (χ3v) is 3.37. The minimum Gasteiger partial charge on any atom is -0.482 e. The maximum atomic E-state index is 12.3. The van der Waals surface area contributed by atoms with E-state index in [1.807, 2.05) is 0 Å². The molecule has 1 fully saturated rings. The number of Topliss-reactive ketones (excluding diaryl/α,β-unsaturated/α-hetero) is 1. The zero-order chi connectivity index (χ0) is 13.2. The second kappa shape index (κ2) is 5.01. The highest BCUT2D eigenvalue weighted by Crippen LogP contribution is 2.29. The number of carbonyl (C=O) groups excluding carboxylic acids is 2. The summed E-state index contributed by atoms with van der Waals surface area (Å²) in [7, 11) is 0. The van der Waals surface area contributed by atoms with E-state index in [0.717, 1.165) is 19.3 Å². The van der Waals surface area contributed by atoms with E-state index in [-0.39, 0.29) is 24.4 Å². The molecule has 19 heavy (non-hydrogen) atoms. The summed E-state index contributed by atoms with van der Waals surface area (Å²) in [5, 5.41) is 2.70. The van der Waals surface area contributed by atoms with Crippen molar-refractivity contribution in [2.45, 2.75) is 25.4 Å². The number of carbonyl (C=O) groups is 2. The Hall–Kier alpha value is -1.88. The van der Waals surface area contributed by atoms with Crippen LogP contribution in [0.25, 0.3) is 0 Å². The topological polar surface area (TPSA) is 64.6 Å². The van der Waals surface area contributed by atoms with Crippen LogP contribution in [0, 0.1) is 0 Å². The number of ketones is 1. The van der Waals surface area contributed by atoms with E-state index >= 15 is 0 Å². The van der Waals surface area contributed by atoms with Gasteiger partial charge >= 0.3 is 0 Å². The molecule has 1 saturated heterocycles. The van der Waals surface area contributed by atoms with Crippen molar-refractivity contribution >= 4 is 17.4 Å². The second-order valence-electron chi connectivity index (χ2n) is 4.77. The van der Waals surface area contributed by atoms with Gasteiger partial charge in [-0.15, -0.1) is 0 Å². The normalized spacial score (nSPS) is 22.1. The van der Waals surface area contributed by atoms with E-state index in [2.05, 4.69) is 5.32 Å². The maximum absolute atomic E-state index is 12.3. The van der Waals surface area contributed by atoms with Crippen LogP contribution in [0.4, 0.5) is 5.69 Å². The molecule has 3 rings (SSSR count). The fourth-order valence-electron chi connectivity index (χ4n) is 2.37. The summed E-state index contributed by atoms with van der Waals surface area (Å²) in [6.07, 6.45) is 2.43. The summed E-state index contributed by atoms with van der Waals surface area (Å²) in [6, 6.07) is 5.09. The van der Waals surface area contributed by atoms with E-state index in [1.165, 1.54) is 0 Å². The molecule has 100 valence electrons. The van der Waals surface area contributed by atoms with Gasteiger partial charge in [-0.2, -0.15) is 0 Å². The predicted octanol–water partition coefficient (Wildman–Crippen LogP) is 1.77. The molecule has 1 atom stereocenters. The highest BCUT2D eigenvalue weighted by Gasteiger charge is 2.25. The second-order valence-corrected chi connectivity index (χ2v) is 4.77. The third kappa shape index (κ3) is 2.46. The van der Waals surface area contributed by atoms with Gasteiger partial charge in [0.1, 0.15) is 11.9 Å². The van der Waals surface area contributed by atoms with Gasteiger partial charge in [0, 0.05) is 12.2 Å². The first kappa shape index (κ1) is 12.2. The molecule has 1 aromatic carbocycles. The molecule has 0 spiro atoms. The Kier molecular flexibility index (Phi) is 3.21. The summed E-state index contributed by atoms with van der Waals surface area (Å²) in [5.41, 5.74) is 1.11. The summed E-state index contributed by atoms with van der Waals surface area (Å²) in [6.45, 7) is 0.660. The van der Waals surface area contributed by atoms with Gasteiger partial charge in [-0.05, 0) is 37.5 Å². The Morgan fingerprint density at radius 2 is 2.21 bits per heavy atom. The van der Waals surface area contributed by atoms with Gasteiger partial charge in [0.2, 0.25) is 0 Å². The first-order chi connectivity index (χ1) is 9.24. The van der Waals surface area contributed by atoms with Crippen molar-refractivity contribution < 1.29 is 19.1 Å². The monoisotopic (exact) mass is 261 g/mol. The Labute approximate surface area is 110 Å². The van der Waals surface area contributed by atoms with Crippen molar-refractivity contribution in [1.29, 1.82) is 0 Å². The molecule has 0 aromatic heterocycles. The lowest BCUT2D eigenvalue weighted by Crippen LogP contribution is -2.29. The highest BCUT2D eigenvalue weighted by molar-refractivity contribution is 6.02. The minimum atomic E-state index is -0.355. The lowest BCUT2D eigenvalue weighted by Gasteiger charge is -2.22. The Bertz CT molecular complexity index is 520. The maximum Gasteiger partial charge on any atom is 0.262 e. The summed E-state index contributed by atoms with van der Waals surface area (Å²) in [4.78, 5) is 23.6. The number of anilines is 1. The summed E-state index contributed by atoms with van der Waals surface area (Å²) < 4.78 is 10.8. The first-order valence-electron chi connectivity index (χ1n) is 6.46. The van der Waals surface area contributed by atoms with Gasteiger partial charge < -0.3 is 14.8 Å². The number of benzene rings is 1. The minimum absolute atomic E-state index is 0.0199. The number of ether oxygens (including phenoxy) is 2. The molecular formula is C14H15NO4. The van der Waals surface area contributed by atoms with Crippen molar-refractivity contribution in [1.82, 2.24) is 0 Å². The molecule has 5 heteroatoms. The Morgan fingerprint density at radius 1 is 1.32 bits per heavy atom. The van der Waals surface area contributed by atoms with Crippen molar-refractivity contribution in [3.63, 3.8) is 0 Å². The largest absolute Gasteiger partial charge is 0.482 e. The van der Waals surface area contributed by atoms with Crippen LogP contribution in [0.1, 0.15) is 29.6 Å². The molecule has 2 heterocycles. The number of hydrogen-bond donors (Lipinski definition) is 1. The van der Waals surface area contributed by atoms with Crippen LogP contribution in [0.15, 0.2) is 18.2 Å². The Morgan fingerprint density at radius 3 is 3.00 bits per heavy atom. The molecular weight excluding hydrogens is 246 g/mol. The van der Waals surface area contributed by atoms with Crippen molar-refractivity contribution in [3.8, 4) is 5.75 Å². The molecule has 0 aliphatic carbocycles. The van der Waals surface area contributed by atoms with Crippen molar-refractivity contribution in [2.24, 2.45) is 0 Å². The zero-order valence-electron chi connectivity index (χ0n) is 10.5. The SMILES string of the molecule is O=C1COc2ccc(C(=O)C3CCCCO3)cc2N1. The summed E-state index contributed by atoms with van der Waals surface area (Å²) in [5.74, 6) is 0.369. The van der Waals surface area contributed by atoms with Crippen LogP contribution in [0.3, 0.4) is 0 Å². The third-order valence-electron chi connectivity index (χ3n) is 3.37. The molecule has 0 radical (unpaired) electrons. The standard InChI is InChI=1S/C14H15NO4/c16-13-8-19-11-5-4-9(7-10(11)15-13)14(17)12-3-1-2-6-18-12/h4-5,7,12H,1-3,6,8H2,(H,15,16). The molecule has 1 aromatic rings. The van der Waals surface area contributed by atoms with Crippen LogP contribution in [-0.4, -0.2) is 31.0 Å². The average Bonchev–Trinajstić information content (AvgIpc) is 2.46. The predicted molar refractivity (Wildman–Crippen MR) is 68.5 cm³/mol. The van der Waals surface area contributed by atoms with E-state index in [1.54, 1.807) is 18.2 Å². The number of hydrogen-bond acceptors (Lipinski definition) is 4. The fourth-order valence-corrected chi connectivity index (χ4v) is 2.37. The molecule has 2 aliphatic heterocycles. The van der Waals surface area contributed by atoms with Gasteiger partial charge in [0.05, 0.1) is 5.69 Å². The Balaban J connectivity index is 1.83. The lowest BCUT2D eigenvalue weighted by molar-refractivity contribution is -0.118. The summed E-state index contributed by atoms with van der Waals surface area (Å²) >= 11 is 0. The van der Waals surface area contributed by atoms with Gasteiger partial charge in [-0.3, -0.25) is 9.59 Å². The molecule has 2 aliphatic rings. The first-order valence-corrected chi connectivity index (χ1v) is 6.46. The lowest BCUT2D eigenvalue weighted by atomic mass is 9.99. The van der Waals surface area contributed by atoms with Crippen LogP contribution in [-0.2, 0) is 9.53 Å². The number of rotatable bonds is 2. The van der Waals surface area contributed by atoms with Gasteiger partial charge in [-0.25, -0.2) is 0 Å². The smallest absolute Gasteiger partial charge is 0.262 e.